The van der Waals surface area contributed by atoms with Gasteiger partial charge in [-0.15, -0.1) is 0 Å². The van der Waals surface area contributed by atoms with E-state index in [0.29, 0.717) is 24.2 Å². The summed E-state index contributed by atoms with van der Waals surface area (Å²) in [6.45, 7) is -1.11. The van der Waals surface area contributed by atoms with Gasteiger partial charge in [0, 0.05) is 18.2 Å². The van der Waals surface area contributed by atoms with E-state index in [1.807, 2.05) is 0 Å². The Morgan fingerprint density at radius 2 is 1.90 bits per heavy atom. The van der Waals surface area contributed by atoms with Crippen LogP contribution < -0.4 is 5.32 Å². The molecule has 5 nitrogen and oxygen atoms in total. The number of hydrogen-bond donors (Lipinski definition) is 1. The molecule has 166 valence electrons. The van der Waals surface area contributed by atoms with E-state index in [4.69, 9.17) is 4.74 Å². The van der Waals surface area contributed by atoms with Crippen LogP contribution in [0.15, 0.2) is 24.3 Å². The summed E-state index contributed by atoms with van der Waals surface area (Å²) in [6, 6.07) is 5.84. The van der Waals surface area contributed by atoms with Crippen LogP contribution in [-0.2, 0) is 20.9 Å². The van der Waals surface area contributed by atoms with Gasteiger partial charge in [-0.25, -0.2) is 8.78 Å². The van der Waals surface area contributed by atoms with Crippen LogP contribution in [0.5, 0.6) is 0 Å². The van der Waals surface area contributed by atoms with Crippen LogP contribution >= 0.6 is 0 Å². The lowest BCUT2D eigenvalue weighted by Crippen LogP contribution is -2.45. The smallest absolute Gasteiger partial charge is 0.330 e. The Labute approximate surface area is 172 Å². The Morgan fingerprint density at radius 1 is 1.17 bits per heavy atom. The van der Waals surface area contributed by atoms with Crippen molar-refractivity contribution in [2.45, 2.75) is 63.5 Å². The molecule has 0 spiro atoms. The Balaban J connectivity index is 1.56. The highest BCUT2D eigenvalue weighted by molar-refractivity contribution is 5.97. The molecule has 0 radical (unpaired) electrons. The number of benzene rings is 1. The first-order valence-electron chi connectivity index (χ1n) is 10.2. The fraction of sp³-hybridized carbons (Fsp3) is 0.619. The van der Waals surface area contributed by atoms with Gasteiger partial charge in [0.15, 0.2) is 0 Å². The predicted octanol–water partition coefficient (Wildman–Crippen LogP) is 4.22. The molecule has 9 heteroatoms. The van der Waals surface area contributed by atoms with Gasteiger partial charge >= 0.3 is 12.3 Å². The monoisotopic (exact) mass is 430 g/mol. The van der Waals surface area contributed by atoms with E-state index in [1.54, 1.807) is 23.1 Å². The van der Waals surface area contributed by atoms with Crippen molar-refractivity contribution >= 4 is 17.5 Å². The number of nitrogens with one attached hydrogen (secondary N) is 1. The average Bonchev–Trinajstić information content (AvgIpc) is 3.39. The van der Waals surface area contributed by atoms with Crippen molar-refractivity contribution in [1.82, 2.24) is 4.90 Å². The number of carbonyl (C=O) groups is 2. The minimum Gasteiger partial charge on any atom is -0.370 e. The molecule has 0 bridgehead atoms. The van der Waals surface area contributed by atoms with Gasteiger partial charge in [0.05, 0.1) is 6.61 Å². The molecule has 2 aliphatic rings. The molecule has 0 aromatic heterocycles. The lowest BCUT2D eigenvalue weighted by Gasteiger charge is -2.26. The van der Waals surface area contributed by atoms with Crippen molar-refractivity contribution < 1.29 is 31.9 Å². The highest BCUT2D eigenvalue weighted by Crippen LogP contribution is 2.30. The van der Waals surface area contributed by atoms with Gasteiger partial charge in [0.2, 0.25) is 11.8 Å². The lowest BCUT2D eigenvalue weighted by molar-refractivity contribution is -0.168. The molecule has 1 heterocycles. The molecule has 1 unspecified atom stereocenters. The van der Waals surface area contributed by atoms with E-state index in [1.165, 1.54) is 6.07 Å². The van der Waals surface area contributed by atoms with Crippen LogP contribution in [0.1, 0.15) is 44.1 Å². The number of hydrogen-bond acceptors (Lipinski definition) is 3. The van der Waals surface area contributed by atoms with Gasteiger partial charge in [-0.1, -0.05) is 25.0 Å². The Bertz CT molecular complexity index is 754. The van der Waals surface area contributed by atoms with E-state index >= 15 is 0 Å². The molecule has 3 rings (SSSR count). The van der Waals surface area contributed by atoms with Crippen molar-refractivity contribution in [3.63, 3.8) is 0 Å². The zero-order chi connectivity index (χ0) is 21.7. The van der Waals surface area contributed by atoms with E-state index in [-0.39, 0.29) is 24.3 Å². The van der Waals surface area contributed by atoms with E-state index in [2.05, 4.69) is 5.32 Å². The van der Waals surface area contributed by atoms with Gasteiger partial charge in [-0.3, -0.25) is 9.59 Å². The minimum absolute atomic E-state index is 0.00486. The van der Waals surface area contributed by atoms with Crippen molar-refractivity contribution in [3.8, 4) is 0 Å². The Kier molecular flexibility index (Phi) is 7.33. The Hall–Kier alpha value is -2.16. The molecule has 1 aliphatic heterocycles. The molecule has 1 saturated carbocycles. The SMILES string of the molecule is O=C(Nc1cccc(COCC(F)(F)C(F)F)c1)C1CCCN1C(=O)C1CCCC1. The molecule has 1 atom stereocenters. The number of alkyl halides is 4. The fourth-order valence-corrected chi connectivity index (χ4v) is 4.04. The lowest BCUT2D eigenvalue weighted by atomic mass is 10.1. The molecular formula is C21H26F4N2O3. The van der Waals surface area contributed by atoms with Gasteiger partial charge < -0.3 is 15.0 Å². The highest BCUT2D eigenvalue weighted by Gasteiger charge is 2.41. The third-order valence-corrected chi connectivity index (χ3v) is 5.62. The first kappa shape index (κ1) is 22.5. The molecule has 1 aliphatic carbocycles. The van der Waals surface area contributed by atoms with Gasteiger partial charge in [-0.2, -0.15) is 8.78 Å². The number of rotatable bonds is 8. The molecule has 2 fully saturated rings. The fourth-order valence-electron chi connectivity index (χ4n) is 4.04. The normalized spacial score (nSPS) is 20.2. The number of likely N-dealkylation sites (tertiary alicyclic amines) is 1. The number of ether oxygens (including phenoxy) is 1. The van der Waals surface area contributed by atoms with Crippen LogP contribution in [0.4, 0.5) is 23.2 Å². The summed E-state index contributed by atoms with van der Waals surface area (Å²) >= 11 is 0. The number of amides is 2. The van der Waals surface area contributed by atoms with Crippen molar-refractivity contribution in [2.24, 2.45) is 5.92 Å². The Morgan fingerprint density at radius 3 is 2.60 bits per heavy atom. The predicted molar refractivity (Wildman–Crippen MR) is 102 cm³/mol. The van der Waals surface area contributed by atoms with E-state index < -0.39 is 25.0 Å². The summed E-state index contributed by atoms with van der Waals surface area (Å²) in [7, 11) is 0. The van der Waals surface area contributed by atoms with Crippen molar-refractivity contribution in [3.05, 3.63) is 29.8 Å². The third kappa shape index (κ3) is 5.50. The van der Waals surface area contributed by atoms with E-state index in [9.17, 15) is 27.2 Å². The maximum Gasteiger partial charge on any atom is 0.330 e. The topological polar surface area (TPSA) is 58.6 Å². The number of carbonyl (C=O) groups excluding carboxylic acids is 2. The minimum atomic E-state index is -4.20. The maximum atomic E-state index is 12.9. The molecular weight excluding hydrogens is 404 g/mol. The molecule has 1 aromatic carbocycles. The van der Waals surface area contributed by atoms with Gasteiger partial charge in [0.1, 0.15) is 12.6 Å². The number of nitrogens with zero attached hydrogens (tertiary/aromatic N) is 1. The molecule has 1 saturated heterocycles. The summed E-state index contributed by atoms with van der Waals surface area (Å²) in [4.78, 5) is 27.2. The van der Waals surface area contributed by atoms with Gasteiger partial charge in [-0.05, 0) is 43.4 Å². The maximum absolute atomic E-state index is 12.9. The quantitative estimate of drug-likeness (QED) is 0.629. The third-order valence-electron chi connectivity index (χ3n) is 5.62. The van der Waals surface area contributed by atoms with Crippen LogP contribution in [0.3, 0.4) is 0 Å². The van der Waals surface area contributed by atoms with Crippen LogP contribution in [0.2, 0.25) is 0 Å². The number of anilines is 1. The summed E-state index contributed by atoms with van der Waals surface area (Å²) in [6.07, 6.45) is 1.40. The number of halogens is 4. The molecule has 1 N–H and O–H groups in total. The molecule has 30 heavy (non-hydrogen) atoms. The summed E-state index contributed by atoms with van der Waals surface area (Å²) < 4.78 is 54.9. The van der Waals surface area contributed by atoms with Crippen molar-refractivity contribution in [1.29, 1.82) is 0 Å². The van der Waals surface area contributed by atoms with Crippen LogP contribution in [-0.4, -0.2) is 48.3 Å². The van der Waals surface area contributed by atoms with Crippen LogP contribution in [0.25, 0.3) is 0 Å². The first-order valence-corrected chi connectivity index (χ1v) is 10.2. The highest BCUT2D eigenvalue weighted by atomic mass is 19.3. The first-order chi connectivity index (χ1) is 14.3. The second-order valence-electron chi connectivity index (χ2n) is 7.92. The average molecular weight is 430 g/mol. The molecule has 1 aromatic rings. The standard InChI is InChI=1S/C21H26F4N2O3/c22-20(23)21(24,25)13-30-12-14-5-3-8-16(11-14)26-18(28)17-9-4-10-27(17)19(29)15-6-1-2-7-15/h3,5,8,11,15,17,20H,1-2,4,6-7,9-10,12-13H2,(H,26,28). The summed E-state index contributed by atoms with van der Waals surface area (Å²) in [5, 5.41) is 2.77. The zero-order valence-corrected chi connectivity index (χ0v) is 16.6. The zero-order valence-electron chi connectivity index (χ0n) is 16.6. The van der Waals surface area contributed by atoms with Gasteiger partial charge in [0.25, 0.3) is 0 Å². The molecule has 2 amide bonds. The second kappa shape index (κ2) is 9.76. The summed E-state index contributed by atoms with van der Waals surface area (Å²) in [5.41, 5.74) is 0.894. The second-order valence-corrected chi connectivity index (χ2v) is 7.92. The largest absolute Gasteiger partial charge is 0.370 e. The van der Waals surface area contributed by atoms with E-state index in [0.717, 1.165) is 32.1 Å². The summed E-state index contributed by atoms with van der Waals surface area (Å²) in [5.74, 6) is -4.44. The van der Waals surface area contributed by atoms with Crippen molar-refractivity contribution in [2.75, 3.05) is 18.5 Å². The van der Waals surface area contributed by atoms with Crippen LogP contribution in [0, 0.1) is 5.92 Å².